The fourth-order valence-electron chi connectivity index (χ4n) is 3.42. The molecular weight excluding hydrogens is 373 g/mol. The first-order valence-electron chi connectivity index (χ1n) is 8.84. The molecule has 0 aromatic heterocycles. The number of imide groups is 1. The van der Waals surface area contributed by atoms with Crippen LogP contribution in [0.3, 0.4) is 0 Å². The molecular formula is C19H25ClFN3O3. The molecule has 2 aliphatic rings. The van der Waals surface area contributed by atoms with Crippen molar-refractivity contribution < 1.29 is 18.7 Å². The molecule has 2 aliphatic heterocycles. The number of halogens is 2. The molecule has 0 spiro atoms. The number of nitrogens with zero attached hydrogens (tertiary/aromatic N) is 3. The standard InChI is InChI=1S/C19H24FN3O3.ClH/c1-14-12-18(24)23(19(14)25)7-3-6-21-8-10-22(11-9-21)16-13-15(20)4-5-17(16)26-2;/h4-5,12-13H,3,6-11H2,1-2H3;1H. The molecule has 0 unspecified atom stereocenters. The van der Waals surface area contributed by atoms with Crippen LogP contribution in [0.5, 0.6) is 5.75 Å². The van der Waals surface area contributed by atoms with Crippen LogP contribution in [0.15, 0.2) is 29.8 Å². The third-order valence-corrected chi connectivity index (χ3v) is 4.90. The second-order valence-electron chi connectivity index (χ2n) is 6.62. The number of amides is 2. The molecule has 2 heterocycles. The van der Waals surface area contributed by atoms with Gasteiger partial charge >= 0.3 is 0 Å². The van der Waals surface area contributed by atoms with Crippen molar-refractivity contribution in [1.82, 2.24) is 9.80 Å². The first kappa shape index (κ1) is 21.2. The number of ether oxygens (including phenoxy) is 1. The van der Waals surface area contributed by atoms with Crippen LogP contribution in [0.2, 0.25) is 0 Å². The van der Waals surface area contributed by atoms with E-state index >= 15 is 0 Å². The lowest BCUT2D eigenvalue weighted by atomic mass is 10.2. The number of carbonyl (C=O) groups excluding carboxylic acids is 2. The third-order valence-electron chi connectivity index (χ3n) is 4.90. The Hall–Kier alpha value is -2.12. The summed E-state index contributed by atoms with van der Waals surface area (Å²) in [5, 5.41) is 0. The van der Waals surface area contributed by atoms with Gasteiger partial charge in [-0.15, -0.1) is 12.4 Å². The predicted octanol–water partition coefficient (Wildman–Crippen LogP) is 2.08. The van der Waals surface area contributed by atoms with Crippen LogP contribution in [-0.4, -0.2) is 68.0 Å². The molecule has 6 nitrogen and oxygen atoms in total. The highest BCUT2D eigenvalue weighted by Gasteiger charge is 2.28. The summed E-state index contributed by atoms with van der Waals surface area (Å²) in [6.07, 6.45) is 2.15. The summed E-state index contributed by atoms with van der Waals surface area (Å²) in [7, 11) is 1.59. The number of methoxy groups -OCH3 is 1. The number of benzene rings is 1. The van der Waals surface area contributed by atoms with Crippen LogP contribution in [0, 0.1) is 5.82 Å². The molecule has 148 valence electrons. The van der Waals surface area contributed by atoms with Crippen LogP contribution in [0.4, 0.5) is 10.1 Å². The molecule has 27 heavy (non-hydrogen) atoms. The summed E-state index contributed by atoms with van der Waals surface area (Å²) >= 11 is 0. The lowest BCUT2D eigenvalue weighted by Gasteiger charge is -2.36. The highest BCUT2D eigenvalue weighted by atomic mass is 35.5. The number of hydrogen-bond donors (Lipinski definition) is 0. The van der Waals surface area contributed by atoms with Crippen LogP contribution in [0.25, 0.3) is 0 Å². The average molecular weight is 398 g/mol. The fourth-order valence-corrected chi connectivity index (χ4v) is 3.42. The largest absolute Gasteiger partial charge is 0.495 e. The molecule has 1 saturated heterocycles. The first-order valence-corrected chi connectivity index (χ1v) is 8.84. The Bertz CT molecular complexity index is 733. The van der Waals surface area contributed by atoms with E-state index in [-0.39, 0.29) is 30.0 Å². The Kier molecular flexibility index (Phi) is 7.21. The van der Waals surface area contributed by atoms with E-state index in [4.69, 9.17) is 4.74 Å². The molecule has 1 aromatic rings. The Morgan fingerprint density at radius 3 is 2.41 bits per heavy atom. The van der Waals surface area contributed by atoms with Crippen molar-refractivity contribution >= 4 is 29.9 Å². The maximum atomic E-state index is 13.6. The highest BCUT2D eigenvalue weighted by molar-refractivity contribution is 6.15. The Morgan fingerprint density at radius 1 is 1.11 bits per heavy atom. The topological polar surface area (TPSA) is 53.1 Å². The predicted molar refractivity (Wildman–Crippen MR) is 104 cm³/mol. The van der Waals surface area contributed by atoms with Crippen LogP contribution in [0.1, 0.15) is 13.3 Å². The van der Waals surface area contributed by atoms with Crippen molar-refractivity contribution in [1.29, 1.82) is 0 Å². The molecule has 1 aromatic carbocycles. The lowest BCUT2D eigenvalue weighted by Crippen LogP contribution is -2.47. The summed E-state index contributed by atoms with van der Waals surface area (Å²) < 4.78 is 18.9. The molecule has 0 saturated carbocycles. The molecule has 0 atom stereocenters. The van der Waals surface area contributed by atoms with Gasteiger partial charge in [0.25, 0.3) is 11.8 Å². The molecule has 0 N–H and O–H groups in total. The SMILES string of the molecule is COc1ccc(F)cc1N1CCN(CCCN2C(=O)C=C(C)C2=O)CC1.Cl. The van der Waals surface area contributed by atoms with Crippen molar-refractivity contribution in [2.24, 2.45) is 0 Å². The van der Waals surface area contributed by atoms with E-state index in [0.29, 0.717) is 17.9 Å². The number of anilines is 1. The molecule has 2 amide bonds. The summed E-state index contributed by atoms with van der Waals surface area (Å²) in [6, 6.07) is 4.56. The Morgan fingerprint density at radius 2 is 1.81 bits per heavy atom. The minimum absolute atomic E-state index is 0. The van der Waals surface area contributed by atoms with Crippen molar-refractivity contribution in [3.63, 3.8) is 0 Å². The van der Waals surface area contributed by atoms with Gasteiger partial charge in [0.1, 0.15) is 11.6 Å². The smallest absolute Gasteiger partial charge is 0.256 e. The summed E-state index contributed by atoms with van der Waals surface area (Å²) in [5.74, 6) is 0.00870. The maximum absolute atomic E-state index is 13.6. The van der Waals surface area contributed by atoms with Gasteiger partial charge in [-0.05, 0) is 32.0 Å². The summed E-state index contributed by atoms with van der Waals surface area (Å²) in [6.45, 7) is 6.19. The van der Waals surface area contributed by atoms with E-state index in [1.165, 1.54) is 23.1 Å². The normalized spacial score (nSPS) is 17.8. The van der Waals surface area contributed by atoms with Gasteiger partial charge in [0.2, 0.25) is 0 Å². The second kappa shape index (κ2) is 9.19. The molecule has 0 aliphatic carbocycles. The number of rotatable bonds is 6. The first-order chi connectivity index (χ1) is 12.5. The van der Waals surface area contributed by atoms with Gasteiger partial charge in [0, 0.05) is 50.4 Å². The molecule has 0 bridgehead atoms. The zero-order chi connectivity index (χ0) is 18.7. The van der Waals surface area contributed by atoms with E-state index in [2.05, 4.69) is 9.80 Å². The molecule has 8 heteroatoms. The van der Waals surface area contributed by atoms with Gasteiger partial charge in [0.15, 0.2) is 0 Å². The minimum atomic E-state index is -0.271. The quantitative estimate of drug-likeness (QED) is 0.688. The van der Waals surface area contributed by atoms with E-state index < -0.39 is 0 Å². The van der Waals surface area contributed by atoms with Crippen LogP contribution < -0.4 is 9.64 Å². The van der Waals surface area contributed by atoms with Crippen molar-refractivity contribution in [2.75, 3.05) is 51.3 Å². The zero-order valence-corrected chi connectivity index (χ0v) is 16.4. The van der Waals surface area contributed by atoms with Gasteiger partial charge < -0.3 is 9.64 Å². The van der Waals surface area contributed by atoms with Crippen molar-refractivity contribution in [3.8, 4) is 5.75 Å². The van der Waals surface area contributed by atoms with Gasteiger partial charge in [0.05, 0.1) is 12.8 Å². The van der Waals surface area contributed by atoms with Crippen LogP contribution in [-0.2, 0) is 9.59 Å². The van der Waals surface area contributed by atoms with Gasteiger partial charge in [-0.2, -0.15) is 0 Å². The Labute approximate surface area is 165 Å². The molecule has 0 radical (unpaired) electrons. The maximum Gasteiger partial charge on any atom is 0.256 e. The van der Waals surface area contributed by atoms with E-state index in [9.17, 15) is 14.0 Å². The number of carbonyl (C=O) groups is 2. The van der Waals surface area contributed by atoms with Gasteiger partial charge in [-0.3, -0.25) is 19.4 Å². The van der Waals surface area contributed by atoms with Gasteiger partial charge in [-0.25, -0.2) is 4.39 Å². The van der Waals surface area contributed by atoms with E-state index in [1.54, 1.807) is 20.1 Å². The Balaban J connectivity index is 0.00000261. The van der Waals surface area contributed by atoms with Gasteiger partial charge in [-0.1, -0.05) is 0 Å². The summed E-state index contributed by atoms with van der Waals surface area (Å²) in [4.78, 5) is 29.3. The van der Waals surface area contributed by atoms with Crippen molar-refractivity contribution in [2.45, 2.75) is 13.3 Å². The van der Waals surface area contributed by atoms with E-state index in [1.807, 2.05) is 0 Å². The highest BCUT2D eigenvalue weighted by Crippen LogP contribution is 2.29. The number of piperazine rings is 1. The van der Waals surface area contributed by atoms with E-state index in [0.717, 1.165) is 44.8 Å². The fraction of sp³-hybridized carbons (Fsp3) is 0.474. The zero-order valence-electron chi connectivity index (χ0n) is 15.6. The molecule has 3 rings (SSSR count). The average Bonchev–Trinajstić information content (AvgIpc) is 2.88. The van der Waals surface area contributed by atoms with Crippen LogP contribution >= 0.6 is 12.4 Å². The monoisotopic (exact) mass is 397 g/mol. The summed E-state index contributed by atoms with van der Waals surface area (Å²) in [5.41, 5.74) is 1.29. The lowest BCUT2D eigenvalue weighted by molar-refractivity contribution is -0.137. The third kappa shape index (κ3) is 4.78. The minimum Gasteiger partial charge on any atom is -0.495 e. The van der Waals surface area contributed by atoms with Crippen molar-refractivity contribution in [3.05, 3.63) is 35.7 Å². The molecule has 1 fully saturated rings. The second-order valence-corrected chi connectivity index (χ2v) is 6.62. The number of hydrogen-bond acceptors (Lipinski definition) is 5.